The summed E-state index contributed by atoms with van der Waals surface area (Å²) in [6.07, 6.45) is 44.0. The van der Waals surface area contributed by atoms with Crippen molar-refractivity contribution in [3.05, 3.63) is 24.3 Å². The van der Waals surface area contributed by atoms with Crippen LogP contribution < -0.4 is 0 Å². The summed E-state index contributed by atoms with van der Waals surface area (Å²) in [6.45, 7) is 4.84. The topological polar surface area (TPSA) is 189 Å². The highest BCUT2D eigenvalue weighted by Crippen LogP contribution is 2.43. The van der Waals surface area contributed by atoms with Gasteiger partial charge >= 0.3 is 27.4 Å². The van der Waals surface area contributed by atoms with Gasteiger partial charge in [-0.15, -0.1) is 0 Å². The molecule has 2 N–H and O–H groups in total. The Labute approximate surface area is 426 Å². The van der Waals surface area contributed by atoms with Crippen LogP contribution in [0.15, 0.2) is 24.3 Å². The first-order chi connectivity index (χ1) is 33.8. The van der Waals surface area contributed by atoms with E-state index in [1.807, 2.05) is 0 Å². The van der Waals surface area contributed by atoms with Crippen LogP contribution >= 0.6 is 15.4 Å². The third kappa shape index (κ3) is 52.3. The predicted octanol–water partition coefficient (Wildman–Crippen LogP) is 15.9. The summed E-state index contributed by atoms with van der Waals surface area (Å²) in [7, 11) is -8.02. The number of carbonyl (C=O) groups is 4. The zero-order valence-corrected chi connectivity index (χ0v) is 46.4. The van der Waals surface area contributed by atoms with Crippen LogP contribution in [0.4, 0.5) is 0 Å². The average molecular weight is 1030 g/mol. The Balaban J connectivity index is 4.60. The van der Waals surface area contributed by atoms with E-state index >= 15 is 0 Å². The van der Waals surface area contributed by atoms with E-state index in [9.17, 15) is 33.2 Å². The summed E-state index contributed by atoms with van der Waals surface area (Å²) in [5.74, 6) is -0.903. The lowest BCUT2D eigenvalue weighted by Gasteiger charge is -2.20. The number of Topliss-reactive ketones (excluding diaryl/α,β-unsaturated/α-hetero) is 2. The van der Waals surface area contributed by atoms with Gasteiger partial charge in [0, 0.05) is 45.2 Å². The molecule has 0 saturated carbocycles. The minimum absolute atomic E-state index is 0.0754. The summed E-state index contributed by atoms with van der Waals surface area (Å²) in [5, 5.41) is 0. The fourth-order valence-corrected chi connectivity index (χ4v) is 9.14. The maximum absolute atomic E-state index is 12.8. The smallest absolute Gasteiger partial charge is 0.462 e. The molecular formula is C55H102O13P2. The van der Waals surface area contributed by atoms with Gasteiger partial charge in [-0.05, 0) is 89.9 Å². The van der Waals surface area contributed by atoms with Gasteiger partial charge in [0.2, 0.25) is 0 Å². The minimum atomic E-state index is -4.58. The Morgan fingerprint density at radius 2 is 0.786 bits per heavy atom. The molecule has 0 saturated heterocycles. The molecule has 0 aliphatic rings. The average Bonchev–Trinajstić information content (AvgIpc) is 3.31. The molecule has 70 heavy (non-hydrogen) atoms. The van der Waals surface area contributed by atoms with Crippen molar-refractivity contribution in [2.75, 3.05) is 33.1 Å². The molecule has 0 rings (SSSR count). The summed E-state index contributed by atoms with van der Waals surface area (Å²) >= 11 is 0. The lowest BCUT2D eigenvalue weighted by Crippen LogP contribution is -2.29. The lowest BCUT2D eigenvalue weighted by molar-refractivity contribution is -0.161. The fraction of sp³-hybridized carbons (Fsp3) is 0.855. The highest BCUT2D eigenvalue weighted by Gasteiger charge is 2.26. The van der Waals surface area contributed by atoms with Crippen LogP contribution in [0.3, 0.4) is 0 Å². The van der Waals surface area contributed by atoms with Gasteiger partial charge in [-0.1, -0.05) is 160 Å². The van der Waals surface area contributed by atoms with Crippen LogP contribution in [0.1, 0.15) is 264 Å². The molecule has 0 aromatic heterocycles. The molecule has 410 valence electrons. The van der Waals surface area contributed by atoms with Crippen molar-refractivity contribution in [1.82, 2.24) is 0 Å². The van der Waals surface area contributed by atoms with E-state index in [0.29, 0.717) is 38.5 Å². The van der Waals surface area contributed by atoms with Crippen molar-refractivity contribution in [2.45, 2.75) is 270 Å². The minimum Gasteiger partial charge on any atom is -0.462 e. The standard InChI is InChI=1S/C55H102O13P2/c1-4-6-8-10-12-14-16-18-20-22-24-26-28-32-36-45-54(58)64-49-53(68-55(59)46-37-33-29-27-25-23-21-19-17-15-13-11-9-7-5-2)50-67-70(62,63)66-48-40-44-52(57)43-39-42-51(56)41-35-31-30-34-38-47-65-69(3,60)61/h18-21,53H,4-17,22-50H2,1-3H3,(H,60,61)(H,62,63)/b20-18-,21-19-/t53-/m1/s1. The summed E-state index contributed by atoms with van der Waals surface area (Å²) in [5.41, 5.74) is 0. The normalized spacial score (nSPS) is 14.0. The Hall–Kier alpha value is -1.98. The molecule has 0 aliphatic heterocycles. The number of hydrogen-bond acceptors (Lipinski definition) is 11. The number of carbonyl (C=O) groups excluding carboxylic acids is 4. The Morgan fingerprint density at radius 1 is 0.414 bits per heavy atom. The van der Waals surface area contributed by atoms with E-state index in [4.69, 9.17) is 27.9 Å². The number of ketones is 2. The maximum atomic E-state index is 12.8. The number of esters is 2. The molecule has 15 heteroatoms. The number of hydrogen-bond donors (Lipinski definition) is 2. The van der Waals surface area contributed by atoms with E-state index in [2.05, 4.69) is 38.2 Å². The van der Waals surface area contributed by atoms with Gasteiger partial charge in [-0.2, -0.15) is 0 Å². The second-order valence-corrected chi connectivity index (χ2v) is 22.6. The number of ether oxygens (including phenoxy) is 2. The van der Waals surface area contributed by atoms with Crippen LogP contribution in [0.2, 0.25) is 0 Å². The van der Waals surface area contributed by atoms with Crippen LogP contribution in [0.25, 0.3) is 0 Å². The van der Waals surface area contributed by atoms with Crippen molar-refractivity contribution in [3.63, 3.8) is 0 Å². The Morgan fingerprint density at radius 3 is 1.26 bits per heavy atom. The Bertz CT molecular complexity index is 1430. The zero-order chi connectivity index (χ0) is 51.7. The molecule has 3 atom stereocenters. The van der Waals surface area contributed by atoms with E-state index in [0.717, 1.165) is 109 Å². The number of unbranched alkanes of at least 4 members (excludes halogenated alkanes) is 26. The molecule has 0 aromatic carbocycles. The second kappa shape index (κ2) is 49.2. The molecule has 0 aliphatic carbocycles. The molecule has 0 radical (unpaired) electrons. The van der Waals surface area contributed by atoms with Crippen LogP contribution in [0, 0.1) is 0 Å². The third-order valence-corrected chi connectivity index (χ3v) is 13.8. The largest absolute Gasteiger partial charge is 0.472 e. The monoisotopic (exact) mass is 1030 g/mol. The molecule has 0 amide bonds. The van der Waals surface area contributed by atoms with Crippen molar-refractivity contribution in [2.24, 2.45) is 0 Å². The van der Waals surface area contributed by atoms with Gasteiger partial charge in [0.25, 0.3) is 0 Å². The van der Waals surface area contributed by atoms with Gasteiger partial charge in [0.05, 0.1) is 19.8 Å². The number of rotatable bonds is 54. The number of phosphoric ester groups is 1. The Kier molecular flexibility index (Phi) is 47.9. The second-order valence-electron chi connectivity index (χ2n) is 19.2. The van der Waals surface area contributed by atoms with E-state index < -0.39 is 40.1 Å². The van der Waals surface area contributed by atoms with Crippen LogP contribution in [0.5, 0.6) is 0 Å². The lowest BCUT2D eigenvalue weighted by atomic mass is 10.0. The fourth-order valence-electron chi connectivity index (χ4n) is 7.88. The molecule has 13 nitrogen and oxygen atoms in total. The summed E-state index contributed by atoms with van der Waals surface area (Å²) in [6, 6.07) is 0. The van der Waals surface area contributed by atoms with Gasteiger partial charge in [0.15, 0.2) is 6.10 Å². The first-order valence-corrected chi connectivity index (χ1v) is 31.5. The summed E-state index contributed by atoms with van der Waals surface area (Å²) < 4.78 is 50.0. The van der Waals surface area contributed by atoms with Gasteiger partial charge in [-0.3, -0.25) is 32.8 Å². The summed E-state index contributed by atoms with van der Waals surface area (Å²) in [4.78, 5) is 69.6. The molecule has 0 bridgehead atoms. The molecule has 0 spiro atoms. The third-order valence-electron chi connectivity index (χ3n) is 12.1. The van der Waals surface area contributed by atoms with E-state index in [1.165, 1.54) is 77.0 Å². The van der Waals surface area contributed by atoms with Crippen molar-refractivity contribution in [1.29, 1.82) is 0 Å². The number of phosphoric acid groups is 1. The van der Waals surface area contributed by atoms with Crippen molar-refractivity contribution < 1.29 is 61.1 Å². The predicted molar refractivity (Wildman–Crippen MR) is 284 cm³/mol. The molecule has 2 unspecified atom stereocenters. The zero-order valence-electron chi connectivity index (χ0n) is 44.6. The molecule has 0 aromatic rings. The highest BCUT2D eigenvalue weighted by molar-refractivity contribution is 7.51. The molecule has 0 heterocycles. The van der Waals surface area contributed by atoms with E-state index in [1.54, 1.807) is 0 Å². The van der Waals surface area contributed by atoms with Gasteiger partial charge < -0.3 is 23.8 Å². The van der Waals surface area contributed by atoms with Crippen molar-refractivity contribution >= 4 is 38.9 Å². The van der Waals surface area contributed by atoms with Gasteiger partial charge in [-0.25, -0.2) is 4.57 Å². The SMILES string of the molecule is CCCCCCCC/C=C\CCCCCCCC(=O)OC[C@H](COP(=O)(O)OCCCC(=O)CCCC(=O)CCCCCCCOP(C)(=O)O)OC(=O)CCCCCCC/C=C\CCCCCCCC. The first kappa shape index (κ1) is 68.0. The first-order valence-electron chi connectivity index (χ1n) is 28.0. The van der Waals surface area contributed by atoms with E-state index in [-0.39, 0.29) is 63.5 Å². The maximum Gasteiger partial charge on any atom is 0.472 e. The van der Waals surface area contributed by atoms with Crippen LogP contribution in [-0.2, 0) is 51.4 Å². The molecule has 0 fully saturated rings. The molecular weight excluding hydrogens is 931 g/mol. The van der Waals surface area contributed by atoms with Crippen LogP contribution in [-0.4, -0.2) is 72.5 Å². The number of allylic oxidation sites excluding steroid dienone is 4. The highest BCUT2D eigenvalue weighted by atomic mass is 31.2. The van der Waals surface area contributed by atoms with Gasteiger partial charge in [0.1, 0.15) is 18.2 Å². The quantitative estimate of drug-likeness (QED) is 0.0254. The van der Waals surface area contributed by atoms with Crippen molar-refractivity contribution in [3.8, 4) is 0 Å².